The van der Waals surface area contributed by atoms with E-state index in [0.717, 1.165) is 12.1 Å². The zero-order valence-electron chi connectivity index (χ0n) is 10.7. The summed E-state index contributed by atoms with van der Waals surface area (Å²) >= 11 is 5.23. The number of methoxy groups -OCH3 is 1. The number of nitrogens with zero attached hydrogens (tertiary/aromatic N) is 1. The summed E-state index contributed by atoms with van der Waals surface area (Å²) in [7, 11) is 1.59. The van der Waals surface area contributed by atoms with Crippen molar-refractivity contribution in [3.63, 3.8) is 0 Å². The Kier molecular flexibility index (Phi) is 4.69. The number of nitrogens with one attached hydrogen (secondary N) is 2. The molecule has 0 aliphatic rings. The fourth-order valence-electron chi connectivity index (χ4n) is 1.13. The second-order valence-corrected chi connectivity index (χ2v) is 4.81. The van der Waals surface area contributed by atoms with Crippen LogP contribution in [0.4, 0.5) is 5.69 Å². The lowest BCUT2D eigenvalue weighted by Gasteiger charge is -2.26. The van der Waals surface area contributed by atoms with Gasteiger partial charge in [-0.25, -0.2) is 4.98 Å². The van der Waals surface area contributed by atoms with Crippen molar-refractivity contribution in [1.82, 2.24) is 10.3 Å². The number of ether oxygens (including phenoxy) is 1. The van der Waals surface area contributed by atoms with Gasteiger partial charge in [-0.3, -0.25) is 0 Å². The fourth-order valence-corrected chi connectivity index (χ4v) is 1.53. The molecule has 5 heteroatoms. The third-order valence-corrected chi connectivity index (χ3v) is 2.74. The average molecular weight is 253 g/mol. The first-order chi connectivity index (χ1) is 7.96. The van der Waals surface area contributed by atoms with Gasteiger partial charge in [0, 0.05) is 11.6 Å². The molecule has 0 atom stereocenters. The van der Waals surface area contributed by atoms with E-state index in [1.165, 1.54) is 0 Å². The molecule has 0 aliphatic carbocycles. The van der Waals surface area contributed by atoms with Crippen LogP contribution in [-0.4, -0.2) is 22.7 Å². The fraction of sp³-hybridized carbons (Fsp3) is 0.500. The summed E-state index contributed by atoms with van der Waals surface area (Å²) in [6, 6.07) is 3.66. The second kappa shape index (κ2) is 5.82. The lowest BCUT2D eigenvalue weighted by molar-refractivity contribution is 0.398. The number of hydrogen-bond acceptors (Lipinski definition) is 3. The highest BCUT2D eigenvalue weighted by atomic mass is 32.1. The molecular weight excluding hydrogens is 234 g/mol. The first-order valence-electron chi connectivity index (χ1n) is 5.56. The molecule has 0 saturated heterocycles. The summed E-state index contributed by atoms with van der Waals surface area (Å²) in [5.74, 6) is 0.586. The van der Waals surface area contributed by atoms with Gasteiger partial charge in [-0.2, -0.15) is 0 Å². The maximum Gasteiger partial charge on any atom is 0.213 e. The summed E-state index contributed by atoms with van der Waals surface area (Å²) in [5, 5.41) is 6.93. The van der Waals surface area contributed by atoms with Crippen molar-refractivity contribution >= 4 is 23.0 Å². The normalized spacial score (nSPS) is 10.8. The Balaban J connectivity index is 2.56. The summed E-state index contributed by atoms with van der Waals surface area (Å²) in [4.78, 5) is 4.09. The molecule has 0 bridgehead atoms. The molecule has 0 unspecified atom stereocenters. The molecule has 0 radical (unpaired) electrons. The zero-order valence-corrected chi connectivity index (χ0v) is 11.5. The lowest BCUT2D eigenvalue weighted by Crippen LogP contribution is -2.44. The smallest absolute Gasteiger partial charge is 0.213 e. The summed E-state index contributed by atoms with van der Waals surface area (Å²) in [6.45, 7) is 6.32. The van der Waals surface area contributed by atoms with E-state index in [1.807, 2.05) is 6.07 Å². The van der Waals surface area contributed by atoms with Crippen molar-refractivity contribution < 1.29 is 4.74 Å². The van der Waals surface area contributed by atoms with Gasteiger partial charge in [0.25, 0.3) is 0 Å². The van der Waals surface area contributed by atoms with Crippen LogP contribution >= 0.6 is 12.2 Å². The number of anilines is 1. The maximum atomic E-state index is 5.23. The van der Waals surface area contributed by atoms with E-state index in [4.69, 9.17) is 17.0 Å². The van der Waals surface area contributed by atoms with Crippen LogP contribution in [0.25, 0.3) is 0 Å². The Morgan fingerprint density at radius 1 is 1.47 bits per heavy atom. The predicted molar refractivity (Wildman–Crippen MR) is 74.5 cm³/mol. The van der Waals surface area contributed by atoms with Crippen molar-refractivity contribution in [3.8, 4) is 5.88 Å². The summed E-state index contributed by atoms with van der Waals surface area (Å²) in [6.07, 6.45) is 2.68. The minimum Gasteiger partial charge on any atom is -0.481 e. The van der Waals surface area contributed by atoms with Crippen LogP contribution in [0.1, 0.15) is 27.2 Å². The van der Waals surface area contributed by atoms with E-state index in [2.05, 4.69) is 36.4 Å². The van der Waals surface area contributed by atoms with E-state index in [1.54, 1.807) is 19.4 Å². The third kappa shape index (κ3) is 4.56. The molecule has 1 aromatic heterocycles. The Bertz CT molecular complexity index is 376. The maximum absolute atomic E-state index is 5.23. The van der Waals surface area contributed by atoms with Gasteiger partial charge in [-0.1, -0.05) is 6.92 Å². The molecule has 4 nitrogen and oxygen atoms in total. The number of hydrogen-bond donors (Lipinski definition) is 2. The van der Waals surface area contributed by atoms with Gasteiger partial charge in [0.2, 0.25) is 5.88 Å². The summed E-state index contributed by atoms with van der Waals surface area (Å²) in [5.41, 5.74) is 0.833. The Hall–Kier alpha value is -1.36. The van der Waals surface area contributed by atoms with Crippen molar-refractivity contribution in [3.05, 3.63) is 18.3 Å². The third-order valence-electron chi connectivity index (χ3n) is 2.54. The molecule has 0 fully saturated rings. The van der Waals surface area contributed by atoms with Crippen LogP contribution in [0.3, 0.4) is 0 Å². The minimum absolute atomic E-state index is 0.00994. The van der Waals surface area contributed by atoms with Gasteiger partial charge in [-0.15, -0.1) is 0 Å². The van der Waals surface area contributed by atoms with Crippen LogP contribution in [0.2, 0.25) is 0 Å². The van der Waals surface area contributed by atoms with E-state index < -0.39 is 0 Å². The second-order valence-electron chi connectivity index (χ2n) is 4.41. The first kappa shape index (κ1) is 13.7. The monoisotopic (exact) mass is 253 g/mol. The molecule has 1 heterocycles. The van der Waals surface area contributed by atoms with Crippen LogP contribution in [0.5, 0.6) is 5.88 Å². The molecule has 0 aliphatic heterocycles. The number of rotatable bonds is 4. The average Bonchev–Trinajstić information content (AvgIpc) is 2.29. The Labute approximate surface area is 108 Å². The van der Waals surface area contributed by atoms with Crippen molar-refractivity contribution in [1.29, 1.82) is 0 Å². The van der Waals surface area contributed by atoms with Crippen LogP contribution in [0.15, 0.2) is 18.3 Å². The first-order valence-corrected chi connectivity index (χ1v) is 5.97. The van der Waals surface area contributed by atoms with Crippen LogP contribution in [-0.2, 0) is 0 Å². The molecule has 17 heavy (non-hydrogen) atoms. The van der Waals surface area contributed by atoms with Crippen LogP contribution < -0.4 is 15.4 Å². The molecule has 94 valence electrons. The largest absolute Gasteiger partial charge is 0.481 e. The molecule has 0 amide bonds. The highest BCUT2D eigenvalue weighted by Crippen LogP contribution is 2.12. The van der Waals surface area contributed by atoms with Crippen molar-refractivity contribution in [2.75, 3.05) is 12.4 Å². The van der Waals surface area contributed by atoms with E-state index in [-0.39, 0.29) is 5.54 Å². The Morgan fingerprint density at radius 3 is 2.65 bits per heavy atom. The van der Waals surface area contributed by atoms with Gasteiger partial charge in [-0.05, 0) is 38.6 Å². The molecule has 1 aromatic rings. The van der Waals surface area contributed by atoms with Crippen molar-refractivity contribution in [2.24, 2.45) is 0 Å². The van der Waals surface area contributed by atoms with Gasteiger partial charge >= 0.3 is 0 Å². The van der Waals surface area contributed by atoms with Gasteiger partial charge < -0.3 is 15.4 Å². The molecular formula is C12H19N3OS. The van der Waals surface area contributed by atoms with Gasteiger partial charge in [0.15, 0.2) is 5.11 Å². The molecule has 0 aromatic carbocycles. The highest BCUT2D eigenvalue weighted by Gasteiger charge is 2.15. The van der Waals surface area contributed by atoms with Gasteiger partial charge in [0.05, 0.1) is 19.0 Å². The molecule has 2 N–H and O–H groups in total. The highest BCUT2D eigenvalue weighted by molar-refractivity contribution is 7.80. The molecule has 0 saturated carbocycles. The quantitative estimate of drug-likeness (QED) is 0.808. The van der Waals surface area contributed by atoms with Crippen LogP contribution in [0, 0.1) is 0 Å². The SMILES string of the molecule is CCC(C)(C)NC(=S)Nc1ccc(OC)nc1. The van der Waals surface area contributed by atoms with Gasteiger partial charge in [0.1, 0.15) is 0 Å². The predicted octanol–water partition coefficient (Wildman–Crippen LogP) is 2.57. The number of pyridine rings is 1. The summed E-state index contributed by atoms with van der Waals surface area (Å²) < 4.78 is 4.98. The van der Waals surface area contributed by atoms with Crippen molar-refractivity contribution in [2.45, 2.75) is 32.7 Å². The Morgan fingerprint density at radius 2 is 2.18 bits per heavy atom. The zero-order chi connectivity index (χ0) is 12.9. The number of aromatic nitrogens is 1. The van der Waals surface area contributed by atoms with E-state index in [0.29, 0.717) is 11.0 Å². The van der Waals surface area contributed by atoms with E-state index >= 15 is 0 Å². The lowest BCUT2D eigenvalue weighted by atomic mass is 10.0. The number of thiocarbonyl (C=S) groups is 1. The molecule has 0 spiro atoms. The topological polar surface area (TPSA) is 46.2 Å². The molecule has 1 rings (SSSR count). The standard InChI is InChI=1S/C12H19N3OS/c1-5-12(2,3)15-11(17)14-9-6-7-10(16-4)13-8-9/h6-8H,5H2,1-4H3,(H2,14,15,17). The minimum atomic E-state index is -0.00994. The van der Waals surface area contributed by atoms with E-state index in [9.17, 15) is 0 Å².